The van der Waals surface area contributed by atoms with Crippen LogP contribution in [-0.4, -0.2) is 11.8 Å². The van der Waals surface area contributed by atoms with Crippen molar-refractivity contribution in [2.75, 3.05) is 0 Å². The molecule has 0 aliphatic carbocycles. The minimum absolute atomic E-state index is 0.0937. The summed E-state index contributed by atoms with van der Waals surface area (Å²) in [7, 11) is 0. The summed E-state index contributed by atoms with van der Waals surface area (Å²) in [4.78, 5) is 25.2. The highest BCUT2D eigenvalue weighted by atomic mass is 16.5. The normalized spacial score (nSPS) is 23.9. The lowest BCUT2D eigenvalue weighted by Crippen LogP contribution is -2.46. The summed E-state index contributed by atoms with van der Waals surface area (Å²) in [5.41, 5.74) is 0.599. The summed E-state index contributed by atoms with van der Waals surface area (Å²) >= 11 is 0. The maximum atomic E-state index is 12.9. The molecule has 2 aromatic carbocycles. The van der Waals surface area contributed by atoms with Gasteiger partial charge in [-0.3, -0.25) is 9.59 Å². The molecule has 1 aliphatic heterocycles. The van der Waals surface area contributed by atoms with E-state index in [0.717, 1.165) is 11.1 Å². The Hall–Kier alpha value is -2.42. The first-order chi connectivity index (χ1) is 10.5. The van der Waals surface area contributed by atoms with E-state index < -0.39 is 23.4 Å². The molecule has 3 nitrogen and oxygen atoms in total. The molecule has 0 spiro atoms. The van der Waals surface area contributed by atoms with E-state index >= 15 is 0 Å². The molecule has 3 rings (SSSR count). The Balaban J connectivity index is 2.10. The first-order valence-corrected chi connectivity index (χ1v) is 7.37. The van der Waals surface area contributed by atoms with Gasteiger partial charge in [-0.15, -0.1) is 0 Å². The van der Waals surface area contributed by atoms with E-state index in [0.29, 0.717) is 0 Å². The monoisotopic (exact) mass is 294 g/mol. The molecule has 1 saturated heterocycles. The minimum atomic E-state index is -1.12. The number of Topliss-reactive ketones (excluding diaryl/α,β-unsaturated/α-hetero) is 1. The van der Waals surface area contributed by atoms with Crippen LogP contribution in [0.15, 0.2) is 60.7 Å². The van der Waals surface area contributed by atoms with Crippen LogP contribution in [0.5, 0.6) is 0 Å². The lowest BCUT2D eigenvalue weighted by molar-refractivity contribution is -0.174. The van der Waals surface area contributed by atoms with Crippen molar-refractivity contribution in [3.63, 3.8) is 0 Å². The number of esters is 1. The molecule has 2 aromatic rings. The Morgan fingerprint density at radius 1 is 0.818 bits per heavy atom. The molecule has 2 atom stereocenters. The fraction of sp³-hybridized carbons (Fsp3) is 0.263. The van der Waals surface area contributed by atoms with Crippen LogP contribution in [0.3, 0.4) is 0 Å². The number of ketones is 1. The average Bonchev–Trinajstić information content (AvgIpc) is 2.54. The summed E-state index contributed by atoms with van der Waals surface area (Å²) in [6, 6.07) is 19.0. The van der Waals surface area contributed by atoms with Gasteiger partial charge in [0.1, 0.15) is 11.5 Å². The third-order valence-electron chi connectivity index (χ3n) is 4.23. The van der Waals surface area contributed by atoms with Gasteiger partial charge in [-0.05, 0) is 25.0 Å². The maximum Gasteiger partial charge on any atom is 0.319 e. The van der Waals surface area contributed by atoms with Crippen LogP contribution in [0, 0.1) is 5.41 Å². The standard InChI is InChI=1S/C19H18O3/c1-19(2)17(20)15(13-9-5-3-6-10-13)16(22-18(19)21)14-11-7-4-8-12-14/h3-12,15-16H,1-2H3/t15-,16-/m1/s1. The van der Waals surface area contributed by atoms with Crippen LogP contribution in [0.2, 0.25) is 0 Å². The van der Waals surface area contributed by atoms with E-state index in [9.17, 15) is 9.59 Å². The van der Waals surface area contributed by atoms with E-state index in [1.807, 2.05) is 60.7 Å². The molecule has 0 unspecified atom stereocenters. The summed E-state index contributed by atoms with van der Waals surface area (Å²) in [6.07, 6.45) is -0.573. The number of carbonyl (C=O) groups excluding carboxylic acids is 2. The van der Waals surface area contributed by atoms with Gasteiger partial charge in [0.25, 0.3) is 0 Å². The molecule has 112 valence electrons. The number of hydrogen-bond donors (Lipinski definition) is 0. The van der Waals surface area contributed by atoms with Gasteiger partial charge < -0.3 is 4.74 Å². The lowest BCUT2D eigenvalue weighted by Gasteiger charge is -2.38. The SMILES string of the molecule is CC1(C)C(=O)O[C@H](c2ccccc2)[C@@H](c2ccccc2)C1=O. The van der Waals surface area contributed by atoms with E-state index in [1.165, 1.54) is 0 Å². The molecular weight excluding hydrogens is 276 g/mol. The highest BCUT2D eigenvalue weighted by Crippen LogP contribution is 2.44. The highest BCUT2D eigenvalue weighted by molar-refractivity contribution is 6.08. The molecule has 0 saturated carbocycles. The first-order valence-electron chi connectivity index (χ1n) is 7.37. The zero-order valence-electron chi connectivity index (χ0n) is 12.7. The average molecular weight is 294 g/mol. The Kier molecular flexibility index (Phi) is 3.57. The van der Waals surface area contributed by atoms with Crippen molar-refractivity contribution >= 4 is 11.8 Å². The van der Waals surface area contributed by atoms with E-state index in [-0.39, 0.29) is 5.78 Å². The van der Waals surface area contributed by atoms with Gasteiger partial charge in [0.15, 0.2) is 5.78 Å². The lowest BCUT2D eigenvalue weighted by atomic mass is 9.72. The molecule has 3 heteroatoms. The van der Waals surface area contributed by atoms with Crippen molar-refractivity contribution in [1.82, 2.24) is 0 Å². The number of ether oxygens (including phenoxy) is 1. The second-order valence-corrected chi connectivity index (χ2v) is 6.11. The smallest absolute Gasteiger partial charge is 0.319 e. The van der Waals surface area contributed by atoms with Crippen molar-refractivity contribution in [1.29, 1.82) is 0 Å². The van der Waals surface area contributed by atoms with Crippen LogP contribution in [0.1, 0.15) is 37.0 Å². The van der Waals surface area contributed by atoms with Crippen molar-refractivity contribution in [3.8, 4) is 0 Å². The van der Waals surface area contributed by atoms with Crippen LogP contribution >= 0.6 is 0 Å². The molecule has 1 aliphatic rings. The van der Waals surface area contributed by atoms with E-state index in [2.05, 4.69) is 0 Å². The fourth-order valence-corrected chi connectivity index (χ4v) is 2.85. The maximum absolute atomic E-state index is 12.9. The summed E-state index contributed by atoms with van der Waals surface area (Å²) in [5, 5.41) is 0. The van der Waals surface area contributed by atoms with Crippen molar-refractivity contribution in [2.24, 2.45) is 5.41 Å². The minimum Gasteiger partial charge on any atom is -0.456 e. The zero-order valence-corrected chi connectivity index (χ0v) is 12.7. The quantitative estimate of drug-likeness (QED) is 0.627. The van der Waals surface area contributed by atoms with E-state index in [1.54, 1.807) is 13.8 Å². The van der Waals surface area contributed by atoms with Gasteiger partial charge >= 0.3 is 5.97 Å². The molecule has 1 fully saturated rings. The van der Waals surface area contributed by atoms with Crippen LogP contribution in [0.4, 0.5) is 0 Å². The first kappa shape index (κ1) is 14.5. The predicted molar refractivity (Wildman–Crippen MR) is 83.2 cm³/mol. The third kappa shape index (κ3) is 2.33. The molecule has 22 heavy (non-hydrogen) atoms. The van der Waals surface area contributed by atoms with Gasteiger partial charge in [-0.25, -0.2) is 0 Å². The molecule has 0 aromatic heterocycles. The molecule has 0 N–H and O–H groups in total. The van der Waals surface area contributed by atoms with Gasteiger partial charge in [-0.2, -0.15) is 0 Å². The summed E-state index contributed by atoms with van der Waals surface area (Å²) in [5.74, 6) is -1.03. The second kappa shape index (κ2) is 5.41. The fourth-order valence-electron chi connectivity index (χ4n) is 2.85. The number of benzene rings is 2. The molecule has 0 radical (unpaired) electrons. The van der Waals surface area contributed by atoms with Crippen LogP contribution in [0.25, 0.3) is 0 Å². The molecule has 1 heterocycles. The van der Waals surface area contributed by atoms with Crippen LogP contribution in [-0.2, 0) is 14.3 Å². The second-order valence-electron chi connectivity index (χ2n) is 6.11. The number of carbonyl (C=O) groups is 2. The number of rotatable bonds is 2. The molecular formula is C19H18O3. The topological polar surface area (TPSA) is 43.4 Å². The van der Waals surface area contributed by atoms with Crippen LogP contribution < -0.4 is 0 Å². The summed E-state index contributed by atoms with van der Waals surface area (Å²) in [6.45, 7) is 3.27. The Labute approximate surface area is 129 Å². The molecule has 0 amide bonds. The number of cyclic esters (lactones) is 1. The molecule has 0 bridgehead atoms. The van der Waals surface area contributed by atoms with Gasteiger partial charge in [0.2, 0.25) is 0 Å². The van der Waals surface area contributed by atoms with Crippen molar-refractivity contribution in [3.05, 3.63) is 71.8 Å². The van der Waals surface area contributed by atoms with E-state index in [4.69, 9.17) is 4.74 Å². The Morgan fingerprint density at radius 3 is 1.86 bits per heavy atom. The van der Waals surface area contributed by atoms with Gasteiger partial charge in [0, 0.05) is 0 Å². The van der Waals surface area contributed by atoms with Crippen molar-refractivity contribution < 1.29 is 14.3 Å². The Morgan fingerprint density at radius 2 is 1.32 bits per heavy atom. The summed E-state index contributed by atoms with van der Waals surface area (Å²) < 4.78 is 5.67. The van der Waals surface area contributed by atoms with Crippen molar-refractivity contribution in [2.45, 2.75) is 25.9 Å². The Bertz CT molecular complexity index is 689. The van der Waals surface area contributed by atoms with Gasteiger partial charge in [0.05, 0.1) is 5.92 Å². The largest absolute Gasteiger partial charge is 0.456 e. The number of hydrogen-bond acceptors (Lipinski definition) is 3. The highest BCUT2D eigenvalue weighted by Gasteiger charge is 2.51. The zero-order chi connectivity index (χ0) is 15.7. The van der Waals surface area contributed by atoms with Gasteiger partial charge in [-0.1, -0.05) is 60.7 Å². The predicted octanol–water partition coefficient (Wildman–Crippen LogP) is 3.66. The third-order valence-corrected chi connectivity index (χ3v) is 4.23.